The Hall–Kier alpha value is -0.460. The summed E-state index contributed by atoms with van der Waals surface area (Å²) in [6.45, 7) is 2.68. The Morgan fingerprint density at radius 3 is 2.62 bits per heavy atom. The Labute approximate surface area is 95.9 Å². The van der Waals surface area contributed by atoms with Gasteiger partial charge in [-0.05, 0) is 13.3 Å². The first-order valence-electron chi connectivity index (χ1n) is 4.95. The van der Waals surface area contributed by atoms with E-state index >= 15 is 0 Å². The van der Waals surface area contributed by atoms with Gasteiger partial charge in [0.25, 0.3) is 0 Å². The lowest BCUT2D eigenvalue weighted by Crippen LogP contribution is -2.39. The third kappa shape index (κ3) is 3.84. The molecule has 0 aromatic rings. The van der Waals surface area contributed by atoms with Crippen LogP contribution in [0.3, 0.4) is 0 Å². The molecule has 1 heterocycles. The number of halogens is 4. The molecule has 0 aliphatic carbocycles. The fourth-order valence-corrected chi connectivity index (χ4v) is 2.54. The van der Waals surface area contributed by atoms with E-state index in [1.54, 1.807) is 0 Å². The summed E-state index contributed by atoms with van der Waals surface area (Å²) in [6, 6.07) is 0.134. The van der Waals surface area contributed by atoms with Gasteiger partial charge in [0.1, 0.15) is 6.54 Å². The minimum Gasteiger partial charge on any atom is -0.362 e. The first kappa shape index (κ1) is 13.6. The number of rotatable bonds is 3. The normalized spacial score (nSPS) is 29.6. The molecule has 16 heavy (non-hydrogen) atoms. The third-order valence-electron chi connectivity index (χ3n) is 2.12. The van der Waals surface area contributed by atoms with Crippen molar-refractivity contribution >= 4 is 16.9 Å². The summed E-state index contributed by atoms with van der Waals surface area (Å²) in [5, 5.41) is 3.48. The molecule has 7 heteroatoms. The van der Waals surface area contributed by atoms with E-state index in [1.807, 2.05) is 13.8 Å². The van der Waals surface area contributed by atoms with E-state index in [9.17, 15) is 17.6 Å². The van der Waals surface area contributed by atoms with Crippen molar-refractivity contribution in [2.75, 3.05) is 6.54 Å². The number of amidine groups is 1. The Bertz CT molecular complexity index is 258. The first-order valence-corrected chi connectivity index (χ1v) is 5.83. The second-order valence-corrected chi connectivity index (χ2v) is 5.32. The van der Waals surface area contributed by atoms with Gasteiger partial charge < -0.3 is 5.32 Å². The van der Waals surface area contributed by atoms with Crippen molar-refractivity contribution in [1.82, 2.24) is 5.32 Å². The van der Waals surface area contributed by atoms with Crippen LogP contribution in [0.2, 0.25) is 0 Å². The van der Waals surface area contributed by atoms with E-state index < -0.39 is 18.9 Å². The van der Waals surface area contributed by atoms with Crippen molar-refractivity contribution in [3.63, 3.8) is 0 Å². The smallest absolute Gasteiger partial charge is 0.326 e. The van der Waals surface area contributed by atoms with Crippen LogP contribution < -0.4 is 5.32 Å². The van der Waals surface area contributed by atoms with Crippen LogP contribution in [-0.2, 0) is 0 Å². The Morgan fingerprint density at radius 2 is 2.12 bits per heavy atom. The molecule has 0 radical (unpaired) electrons. The molecule has 2 nitrogen and oxygen atoms in total. The predicted molar refractivity (Wildman–Crippen MR) is 57.5 cm³/mol. The number of hydrogen-bond donors (Lipinski definition) is 1. The summed E-state index contributed by atoms with van der Waals surface area (Å²) in [4.78, 5) is 3.52. The van der Waals surface area contributed by atoms with Crippen molar-refractivity contribution in [3.05, 3.63) is 0 Å². The molecular weight excluding hydrogens is 244 g/mol. The van der Waals surface area contributed by atoms with Crippen molar-refractivity contribution in [2.24, 2.45) is 4.99 Å². The zero-order valence-electron chi connectivity index (χ0n) is 9.01. The van der Waals surface area contributed by atoms with Gasteiger partial charge in [-0.15, -0.1) is 0 Å². The molecule has 0 aromatic heterocycles. The second kappa shape index (κ2) is 5.25. The minimum absolute atomic E-state index is 0.134. The van der Waals surface area contributed by atoms with Crippen LogP contribution in [0, 0.1) is 0 Å². The quantitative estimate of drug-likeness (QED) is 0.787. The molecule has 1 rings (SSSR count). The zero-order valence-corrected chi connectivity index (χ0v) is 9.83. The number of nitrogens with one attached hydrogen (secondary N) is 1. The van der Waals surface area contributed by atoms with Crippen LogP contribution in [0.5, 0.6) is 0 Å². The number of aliphatic imine (C=N–C) groups is 1. The molecule has 0 bridgehead atoms. The molecule has 0 saturated carbocycles. The van der Waals surface area contributed by atoms with E-state index in [-0.39, 0.29) is 11.3 Å². The van der Waals surface area contributed by atoms with E-state index in [4.69, 9.17) is 0 Å². The lowest BCUT2D eigenvalue weighted by atomic mass is 10.2. The standard InChI is InChI=1S/C9H14F4N2S/c1-5-3-6(2)16-8(15-5)14-4-9(12,13)7(10)11/h5-7H,3-4H2,1-2H3,(H,14,15). The predicted octanol–water partition coefficient (Wildman–Crippen LogP) is 2.75. The molecule has 2 atom stereocenters. The number of thioether (sulfide) groups is 1. The van der Waals surface area contributed by atoms with Gasteiger partial charge in [0, 0.05) is 11.3 Å². The number of hydrogen-bond acceptors (Lipinski definition) is 2. The minimum atomic E-state index is -4.04. The average Bonchev–Trinajstić information content (AvgIpc) is 2.13. The molecule has 2 unspecified atom stereocenters. The monoisotopic (exact) mass is 258 g/mol. The SMILES string of the molecule is CC1CC(C)SC(=NCC(F)(F)C(F)F)N1. The lowest BCUT2D eigenvalue weighted by Gasteiger charge is -2.27. The highest BCUT2D eigenvalue weighted by molar-refractivity contribution is 8.14. The molecule has 1 fully saturated rings. The lowest BCUT2D eigenvalue weighted by molar-refractivity contribution is -0.119. The van der Waals surface area contributed by atoms with Gasteiger partial charge in [0.05, 0.1) is 0 Å². The molecule has 1 saturated heterocycles. The summed E-state index contributed by atoms with van der Waals surface area (Å²) in [6.07, 6.45) is -2.77. The first-order chi connectivity index (χ1) is 7.31. The molecule has 0 aromatic carbocycles. The number of alkyl halides is 4. The third-order valence-corrected chi connectivity index (χ3v) is 3.19. The van der Waals surface area contributed by atoms with Crippen LogP contribution in [-0.4, -0.2) is 35.4 Å². The van der Waals surface area contributed by atoms with E-state index in [1.165, 1.54) is 11.8 Å². The summed E-state index contributed by atoms with van der Waals surface area (Å²) in [5.41, 5.74) is 0. The van der Waals surface area contributed by atoms with E-state index in [0.29, 0.717) is 5.17 Å². The number of nitrogens with zero attached hydrogens (tertiary/aromatic N) is 1. The van der Waals surface area contributed by atoms with Crippen molar-refractivity contribution < 1.29 is 17.6 Å². The zero-order chi connectivity index (χ0) is 12.3. The van der Waals surface area contributed by atoms with Gasteiger partial charge in [-0.25, -0.2) is 8.78 Å². The Balaban J connectivity index is 2.57. The van der Waals surface area contributed by atoms with Crippen molar-refractivity contribution in [2.45, 2.75) is 43.9 Å². The molecule has 1 N–H and O–H groups in total. The fourth-order valence-electron chi connectivity index (χ4n) is 1.37. The molecular formula is C9H14F4N2S. The van der Waals surface area contributed by atoms with E-state index in [0.717, 1.165) is 6.42 Å². The topological polar surface area (TPSA) is 24.4 Å². The molecule has 0 amide bonds. The van der Waals surface area contributed by atoms with Gasteiger partial charge in [-0.2, -0.15) is 8.78 Å². The van der Waals surface area contributed by atoms with Crippen LogP contribution in [0.4, 0.5) is 17.6 Å². The average molecular weight is 258 g/mol. The van der Waals surface area contributed by atoms with Crippen molar-refractivity contribution in [1.29, 1.82) is 0 Å². The fraction of sp³-hybridized carbons (Fsp3) is 0.889. The van der Waals surface area contributed by atoms with Crippen molar-refractivity contribution in [3.8, 4) is 0 Å². The molecule has 1 aliphatic rings. The van der Waals surface area contributed by atoms with Gasteiger partial charge in [-0.3, -0.25) is 4.99 Å². The summed E-state index contributed by atoms with van der Waals surface area (Å²) in [7, 11) is 0. The van der Waals surface area contributed by atoms with Crippen LogP contribution in [0.15, 0.2) is 4.99 Å². The van der Waals surface area contributed by atoms with Gasteiger partial charge in [0.15, 0.2) is 5.17 Å². The molecule has 1 aliphatic heterocycles. The van der Waals surface area contributed by atoms with Crippen LogP contribution in [0.1, 0.15) is 20.3 Å². The van der Waals surface area contributed by atoms with Gasteiger partial charge in [-0.1, -0.05) is 18.7 Å². The highest BCUT2D eigenvalue weighted by Gasteiger charge is 2.40. The Kier molecular flexibility index (Phi) is 4.46. The van der Waals surface area contributed by atoms with Gasteiger partial charge in [0.2, 0.25) is 0 Å². The maximum absolute atomic E-state index is 12.6. The second-order valence-electron chi connectivity index (χ2n) is 3.89. The largest absolute Gasteiger partial charge is 0.362 e. The summed E-state index contributed by atoms with van der Waals surface area (Å²) < 4.78 is 49.0. The van der Waals surface area contributed by atoms with Crippen LogP contribution >= 0.6 is 11.8 Å². The summed E-state index contributed by atoms with van der Waals surface area (Å²) >= 11 is 1.30. The summed E-state index contributed by atoms with van der Waals surface area (Å²) in [5.74, 6) is -4.04. The maximum atomic E-state index is 12.6. The Morgan fingerprint density at radius 1 is 1.50 bits per heavy atom. The highest BCUT2D eigenvalue weighted by atomic mass is 32.2. The maximum Gasteiger partial charge on any atom is 0.326 e. The highest BCUT2D eigenvalue weighted by Crippen LogP contribution is 2.26. The van der Waals surface area contributed by atoms with Crippen LogP contribution in [0.25, 0.3) is 0 Å². The molecule has 94 valence electrons. The van der Waals surface area contributed by atoms with E-state index in [2.05, 4.69) is 10.3 Å². The van der Waals surface area contributed by atoms with Gasteiger partial charge >= 0.3 is 12.3 Å². The molecule has 0 spiro atoms.